The predicted molar refractivity (Wildman–Crippen MR) is 222 cm³/mol. The van der Waals surface area contributed by atoms with Crippen LogP contribution in [0.4, 0.5) is 4.79 Å². The zero-order chi connectivity index (χ0) is 39.4. The lowest BCUT2D eigenvalue weighted by Crippen LogP contribution is -2.36. The molecule has 2 amide bonds. The van der Waals surface area contributed by atoms with Crippen molar-refractivity contribution in [1.82, 2.24) is 25.4 Å². The van der Waals surface area contributed by atoms with Gasteiger partial charge >= 0.3 is 6.03 Å². The molecule has 15 heteroatoms. The third-order valence-electron chi connectivity index (χ3n) is 10.6. The first-order valence-corrected chi connectivity index (χ1v) is 22.3. The van der Waals surface area contributed by atoms with Crippen LogP contribution in [0.2, 0.25) is 5.02 Å². The molecule has 0 radical (unpaired) electrons. The molecule has 1 aromatic carbocycles. The van der Waals surface area contributed by atoms with E-state index in [-0.39, 0.29) is 30.3 Å². The maximum absolute atomic E-state index is 13.3. The number of nitrogens with one attached hydrogen (secondary N) is 2. The summed E-state index contributed by atoms with van der Waals surface area (Å²) in [4.78, 5) is 43.5. The number of thioether (sulfide) groups is 1. The molecule has 5 heterocycles. The normalized spacial score (nSPS) is 19.9. The van der Waals surface area contributed by atoms with Crippen LogP contribution < -0.4 is 10.6 Å². The van der Waals surface area contributed by atoms with E-state index in [2.05, 4.69) is 39.2 Å². The molecule has 3 aromatic rings. The lowest BCUT2D eigenvalue weighted by Gasteiger charge is -2.16. The predicted octanol–water partition coefficient (Wildman–Crippen LogP) is 7.44. The molecule has 12 nitrogen and oxygen atoms in total. The Morgan fingerprint density at radius 2 is 1.48 bits per heavy atom. The summed E-state index contributed by atoms with van der Waals surface area (Å²) in [6.45, 7) is 9.36. The quantitative estimate of drug-likeness (QED) is 0.0695. The minimum Gasteiger partial charge on any atom is -0.379 e. The number of aromatic nitrogens is 3. The lowest BCUT2D eigenvalue weighted by atomic mass is 9.99. The topological polar surface area (TPSA) is 146 Å². The number of aryl methyl sites for hydroxylation is 2. The molecule has 0 bridgehead atoms. The van der Waals surface area contributed by atoms with Gasteiger partial charge in [0.05, 0.1) is 44.2 Å². The molecule has 56 heavy (non-hydrogen) atoms. The Kier molecular flexibility index (Phi) is 16.0. The van der Waals surface area contributed by atoms with Gasteiger partial charge in [0.25, 0.3) is 0 Å². The van der Waals surface area contributed by atoms with E-state index in [0.29, 0.717) is 80.8 Å². The van der Waals surface area contributed by atoms with Gasteiger partial charge in [0.1, 0.15) is 28.4 Å². The molecule has 304 valence electrons. The molecular formula is C41H55ClN6O6S2. The molecule has 0 spiro atoms. The number of hydrogen-bond donors (Lipinski definition) is 2. The van der Waals surface area contributed by atoms with E-state index in [4.69, 9.17) is 30.8 Å². The Bertz CT molecular complexity index is 1830. The van der Waals surface area contributed by atoms with Crippen LogP contribution in [-0.4, -0.2) is 101 Å². The summed E-state index contributed by atoms with van der Waals surface area (Å²) in [7, 11) is 0. The first-order valence-electron chi connectivity index (χ1n) is 20.0. The number of carbonyl (C=O) groups excluding carboxylic acids is 3. The fourth-order valence-electron chi connectivity index (χ4n) is 7.48. The van der Waals surface area contributed by atoms with Gasteiger partial charge < -0.3 is 24.8 Å². The number of carbonyl (C=O) groups is 3. The SMILES string of the molecule is Cc1sc2c(c1C)C(c1ccc(Cl)cc1)=NC(CC(=O)CCCCOCCOCCOCCCCC(=O)CCCC[C@H]1SC[C@H]3NC(=O)N[C@H]31)c1nnc(C)n1-2. The lowest BCUT2D eigenvalue weighted by molar-refractivity contribution is -0.120. The van der Waals surface area contributed by atoms with E-state index in [0.717, 1.165) is 83.9 Å². The number of rotatable bonds is 24. The molecule has 0 saturated carbocycles. The van der Waals surface area contributed by atoms with Crippen LogP contribution in [0.5, 0.6) is 0 Å². The number of hydrogen-bond acceptors (Lipinski definition) is 11. The van der Waals surface area contributed by atoms with E-state index < -0.39 is 6.04 Å². The molecule has 2 N–H and O–H groups in total. The summed E-state index contributed by atoms with van der Waals surface area (Å²) in [6, 6.07) is 7.70. The van der Waals surface area contributed by atoms with E-state index in [9.17, 15) is 14.4 Å². The first-order chi connectivity index (χ1) is 27.2. The number of ether oxygens (including phenoxy) is 3. The smallest absolute Gasteiger partial charge is 0.315 e. The van der Waals surface area contributed by atoms with Gasteiger partial charge in [-0.3, -0.25) is 19.1 Å². The minimum absolute atomic E-state index is 0.0491. The number of thiophene rings is 1. The third kappa shape index (κ3) is 11.3. The van der Waals surface area contributed by atoms with Crippen LogP contribution in [0.25, 0.3) is 5.00 Å². The highest BCUT2D eigenvalue weighted by molar-refractivity contribution is 8.00. The van der Waals surface area contributed by atoms with E-state index in [1.54, 1.807) is 11.3 Å². The van der Waals surface area contributed by atoms with Crippen LogP contribution >= 0.6 is 34.7 Å². The molecular weight excluding hydrogens is 772 g/mol. The number of unbranched alkanes of at least 4 members (excludes halogenated alkanes) is 3. The molecule has 2 fully saturated rings. The molecule has 3 aliphatic heterocycles. The highest BCUT2D eigenvalue weighted by atomic mass is 35.5. The molecule has 4 atom stereocenters. The van der Waals surface area contributed by atoms with Crippen LogP contribution in [0, 0.1) is 20.8 Å². The Morgan fingerprint density at radius 3 is 2.18 bits per heavy atom. The van der Waals surface area contributed by atoms with Crippen LogP contribution in [0.15, 0.2) is 29.3 Å². The van der Waals surface area contributed by atoms with Gasteiger partial charge in [-0.1, -0.05) is 30.2 Å². The number of aliphatic imine (C=N–C) groups is 1. The zero-order valence-electron chi connectivity index (χ0n) is 32.8. The number of Topliss-reactive ketones (excluding diaryl/α,β-unsaturated/α-hetero) is 2. The number of fused-ring (bicyclic) bond motifs is 4. The zero-order valence-corrected chi connectivity index (χ0v) is 35.2. The van der Waals surface area contributed by atoms with Gasteiger partial charge in [-0.15, -0.1) is 21.5 Å². The average molecular weight is 828 g/mol. The van der Waals surface area contributed by atoms with Gasteiger partial charge in [0.2, 0.25) is 0 Å². The van der Waals surface area contributed by atoms with Gasteiger partial charge in [-0.05, 0) is 77.0 Å². The van der Waals surface area contributed by atoms with Crippen molar-refractivity contribution in [2.75, 3.05) is 45.4 Å². The number of benzene rings is 1. The maximum atomic E-state index is 13.3. The van der Waals surface area contributed by atoms with Crippen molar-refractivity contribution >= 4 is 58.0 Å². The van der Waals surface area contributed by atoms with Crippen molar-refractivity contribution in [2.45, 2.75) is 115 Å². The number of nitrogens with zero attached hydrogens (tertiary/aromatic N) is 4. The number of ketones is 2. The fraction of sp³-hybridized carbons (Fsp3) is 0.610. The highest BCUT2D eigenvalue weighted by Crippen LogP contribution is 2.40. The summed E-state index contributed by atoms with van der Waals surface area (Å²) in [5.74, 6) is 2.90. The summed E-state index contributed by atoms with van der Waals surface area (Å²) in [5, 5.41) is 17.1. The molecule has 0 aliphatic carbocycles. The van der Waals surface area contributed by atoms with E-state index >= 15 is 0 Å². The molecule has 3 aliphatic rings. The monoisotopic (exact) mass is 826 g/mol. The maximum Gasteiger partial charge on any atom is 0.315 e. The standard InChI is InChI=1S/C41H55ClN6O6S2/c1-26-27(2)56-40-36(26)37(29-14-16-30(42)17-15-29)43-33(39-47-46-28(3)48(39)40)24-32(50)12-7-9-19-53-21-23-54-22-20-52-18-8-6-11-31(49)10-4-5-13-35-38-34(25-55-35)44-41(51)45-38/h14-17,33-35,38H,4-13,18-25H2,1-3H3,(H2,44,45,51)/t33?,34-,35-,38-/m1/s1. The second kappa shape index (κ2) is 21.0. The van der Waals surface area contributed by atoms with Gasteiger partial charge in [-0.2, -0.15) is 11.8 Å². The number of amides is 2. The van der Waals surface area contributed by atoms with Crippen LogP contribution in [-0.2, 0) is 23.8 Å². The Labute approximate surface area is 343 Å². The van der Waals surface area contributed by atoms with Gasteiger partial charge in [0.15, 0.2) is 5.82 Å². The van der Waals surface area contributed by atoms with Crippen molar-refractivity contribution < 1.29 is 28.6 Å². The second-order valence-electron chi connectivity index (χ2n) is 14.8. The molecule has 6 rings (SSSR count). The Hall–Kier alpha value is -3.14. The second-order valence-corrected chi connectivity index (χ2v) is 17.7. The van der Waals surface area contributed by atoms with Crippen LogP contribution in [0.1, 0.15) is 110 Å². The summed E-state index contributed by atoms with van der Waals surface area (Å²) >= 11 is 9.84. The largest absolute Gasteiger partial charge is 0.379 e. The minimum atomic E-state index is -0.450. The Morgan fingerprint density at radius 1 is 0.839 bits per heavy atom. The third-order valence-corrected chi connectivity index (χ3v) is 13.6. The van der Waals surface area contributed by atoms with Crippen molar-refractivity contribution in [2.24, 2.45) is 4.99 Å². The number of halogens is 1. The summed E-state index contributed by atoms with van der Waals surface area (Å²) in [6.07, 6.45) is 8.14. The van der Waals surface area contributed by atoms with Crippen molar-refractivity contribution in [3.8, 4) is 5.00 Å². The van der Waals surface area contributed by atoms with Crippen molar-refractivity contribution in [3.05, 3.63) is 62.5 Å². The molecule has 2 saturated heterocycles. The molecule has 2 aromatic heterocycles. The highest BCUT2D eigenvalue weighted by Gasteiger charge is 2.42. The van der Waals surface area contributed by atoms with Crippen molar-refractivity contribution in [3.63, 3.8) is 0 Å². The summed E-state index contributed by atoms with van der Waals surface area (Å²) in [5.41, 5.74) is 4.02. The average Bonchev–Trinajstić information content (AvgIpc) is 3.91. The van der Waals surface area contributed by atoms with Gasteiger partial charge in [0, 0.05) is 70.9 Å². The first kappa shape index (κ1) is 42.5. The number of urea groups is 1. The van der Waals surface area contributed by atoms with Gasteiger partial charge in [-0.25, -0.2) is 4.79 Å². The van der Waals surface area contributed by atoms with E-state index in [1.807, 2.05) is 43.0 Å². The fourth-order valence-corrected chi connectivity index (χ4v) is 10.4. The Balaban J connectivity index is 0.787. The summed E-state index contributed by atoms with van der Waals surface area (Å²) < 4.78 is 19.1. The van der Waals surface area contributed by atoms with Crippen molar-refractivity contribution in [1.29, 1.82) is 0 Å². The van der Waals surface area contributed by atoms with Crippen LogP contribution in [0.3, 0.4) is 0 Å². The molecule has 1 unspecified atom stereocenters. The van der Waals surface area contributed by atoms with E-state index in [1.165, 1.54) is 4.88 Å².